The quantitative estimate of drug-likeness (QED) is 0.445. The molecule has 0 aliphatic carbocycles. The van der Waals surface area contributed by atoms with E-state index in [0.29, 0.717) is 13.0 Å². The van der Waals surface area contributed by atoms with E-state index in [1.54, 1.807) is 11.8 Å². The fourth-order valence-electron chi connectivity index (χ4n) is 1.59. The summed E-state index contributed by atoms with van der Waals surface area (Å²) >= 11 is 1.65. The highest BCUT2D eigenvalue weighted by molar-refractivity contribution is 7.99. The van der Waals surface area contributed by atoms with Gasteiger partial charge in [-0.3, -0.25) is 4.79 Å². The summed E-state index contributed by atoms with van der Waals surface area (Å²) in [5.41, 5.74) is 0. The first kappa shape index (κ1) is 17.7. The molecule has 0 aromatic rings. The van der Waals surface area contributed by atoms with E-state index >= 15 is 0 Å². The Morgan fingerprint density at radius 3 is 2.61 bits per heavy atom. The van der Waals surface area contributed by atoms with Crippen molar-refractivity contribution in [3.05, 3.63) is 0 Å². The number of carbonyl (C=O) groups is 1. The standard InChI is InChI=1S/C13H24F2O2S/c1-4-5-12(16)17-7-9-18-8-6-11(2)10-13(3,14)15/h11H,4-10H2,1-3H3. The highest BCUT2D eigenvalue weighted by Crippen LogP contribution is 2.25. The molecular formula is C13H24F2O2S. The average Bonchev–Trinajstić information content (AvgIpc) is 2.21. The van der Waals surface area contributed by atoms with Gasteiger partial charge in [0.2, 0.25) is 5.92 Å². The predicted octanol–water partition coefficient (Wildman–Crippen LogP) is 4.13. The van der Waals surface area contributed by atoms with Crippen molar-refractivity contribution in [2.75, 3.05) is 18.1 Å². The molecule has 0 aliphatic rings. The van der Waals surface area contributed by atoms with Gasteiger partial charge in [0.15, 0.2) is 0 Å². The summed E-state index contributed by atoms with van der Waals surface area (Å²) in [6.07, 6.45) is 1.98. The zero-order valence-electron chi connectivity index (χ0n) is 11.5. The number of carbonyl (C=O) groups excluding carboxylic acids is 1. The Labute approximate surface area is 113 Å². The second-order valence-corrected chi connectivity index (χ2v) is 5.98. The van der Waals surface area contributed by atoms with E-state index in [4.69, 9.17) is 4.74 Å². The molecule has 0 saturated heterocycles. The molecule has 0 saturated carbocycles. The van der Waals surface area contributed by atoms with Gasteiger partial charge in [0.1, 0.15) is 6.61 Å². The third kappa shape index (κ3) is 12.1. The van der Waals surface area contributed by atoms with E-state index < -0.39 is 5.92 Å². The van der Waals surface area contributed by atoms with E-state index in [2.05, 4.69) is 0 Å². The maximum absolute atomic E-state index is 12.7. The number of halogens is 2. The molecule has 0 spiro atoms. The zero-order chi connectivity index (χ0) is 14.0. The third-order valence-corrected chi connectivity index (χ3v) is 3.39. The largest absolute Gasteiger partial charge is 0.465 e. The second kappa shape index (κ2) is 9.59. The van der Waals surface area contributed by atoms with Crippen LogP contribution in [0.4, 0.5) is 8.78 Å². The lowest BCUT2D eigenvalue weighted by atomic mass is 10.0. The van der Waals surface area contributed by atoms with Crippen LogP contribution in [0.15, 0.2) is 0 Å². The maximum Gasteiger partial charge on any atom is 0.305 e. The Morgan fingerprint density at radius 2 is 2.06 bits per heavy atom. The minimum absolute atomic E-state index is 0.0279. The molecule has 0 radical (unpaired) electrons. The second-order valence-electron chi connectivity index (χ2n) is 4.75. The average molecular weight is 282 g/mol. The molecule has 0 aromatic heterocycles. The number of thioether (sulfide) groups is 1. The van der Waals surface area contributed by atoms with Crippen molar-refractivity contribution in [2.45, 2.75) is 52.4 Å². The summed E-state index contributed by atoms with van der Waals surface area (Å²) in [6, 6.07) is 0. The minimum atomic E-state index is -2.57. The van der Waals surface area contributed by atoms with Gasteiger partial charge in [-0.05, 0) is 31.4 Å². The summed E-state index contributed by atoms with van der Waals surface area (Å²) in [7, 11) is 0. The van der Waals surface area contributed by atoms with Gasteiger partial charge in [-0.15, -0.1) is 0 Å². The summed E-state index contributed by atoms with van der Waals surface area (Å²) in [6.45, 7) is 5.16. The summed E-state index contributed by atoms with van der Waals surface area (Å²) < 4.78 is 30.4. The molecule has 0 aliphatic heterocycles. The number of alkyl halides is 2. The van der Waals surface area contributed by atoms with Crippen LogP contribution in [0.5, 0.6) is 0 Å². The number of hydrogen-bond acceptors (Lipinski definition) is 3. The van der Waals surface area contributed by atoms with Crippen LogP contribution in [0, 0.1) is 5.92 Å². The molecule has 2 nitrogen and oxygen atoms in total. The first-order chi connectivity index (χ1) is 8.35. The van der Waals surface area contributed by atoms with E-state index in [-0.39, 0.29) is 18.3 Å². The van der Waals surface area contributed by atoms with Gasteiger partial charge >= 0.3 is 5.97 Å². The van der Waals surface area contributed by atoms with Crippen molar-refractivity contribution in [3.63, 3.8) is 0 Å². The normalized spacial score (nSPS) is 13.4. The fourth-order valence-corrected chi connectivity index (χ4v) is 2.57. The minimum Gasteiger partial charge on any atom is -0.465 e. The first-order valence-corrected chi connectivity index (χ1v) is 7.61. The Kier molecular flexibility index (Phi) is 9.42. The molecule has 0 heterocycles. The molecular weight excluding hydrogens is 258 g/mol. The van der Waals surface area contributed by atoms with Crippen LogP contribution in [0.1, 0.15) is 46.5 Å². The van der Waals surface area contributed by atoms with Crippen molar-refractivity contribution in [3.8, 4) is 0 Å². The molecule has 0 fully saturated rings. The van der Waals surface area contributed by atoms with E-state index in [9.17, 15) is 13.6 Å². The van der Waals surface area contributed by atoms with Gasteiger partial charge in [-0.2, -0.15) is 11.8 Å². The zero-order valence-corrected chi connectivity index (χ0v) is 12.3. The van der Waals surface area contributed by atoms with Gasteiger partial charge in [-0.25, -0.2) is 8.78 Å². The highest BCUT2D eigenvalue weighted by Gasteiger charge is 2.23. The molecule has 0 rings (SSSR count). The summed E-state index contributed by atoms with van der Waals surface area (Å²) in [5, 5.41) is 0. The lowest BCUT2D eigenvalue weighted by Crippen LogP contribution is -2.15. The van der Waals surface area contributed by atoms with E-state index in [1.807, 2.05) is 13.8 Å². The van der Waals surface area contributed by atoms with Crippen LogP contribution < -0.4 is 0 Å². The van der Waals surface area contributed by atoms with Crippen LogP contribution in [0.25, 0.3) is 0 Å². The van der Waals surface area contributed by atoms with E-state index in [1.165, 1.54) is 0 Å². The molecule has 0 aromatic carbocycles. The van der Waals surface area contributed by atoms with Crippen molar-refractivity contribution >= 4 is 17.7 Å². The molecule has 108 valence electrons. The van der Waals surface area contributed by atoms with Crippen LogP contribution in [0.3, 0.4) is 0 Å². The number of ether oxygens (including phenoxy) is 1. The van der Waals surface area contributed by atoms with Crippen molar-refractivity contribution < 1.29 is 18.3 Å². The van der Waals surface area contributed by atoms with Crippen LogP contribution in [0.2, 0.25) is 0 Å². The monoisotopic (exact) mass is 282 g/mol. The Balaban J connectivity index is 3.38. The van der Waals surface area contributed by atoms with Crippen LogP contribution >= 0.6 is 11.8 Å². The first-order valence-electron chi connectivity index (χ1n) is 6.46. The molecule has 1 unspecified atom stereocenters. The fraction of sp³-hybridized carbons (Fsp3) is 0.923. The topological polar surface area (TPSA) is 26.3 Å². The van der Waals surface area contributed by atoms with Crippen LogP contribution in [-0.2, 0) is 9.53 Å². The van der Waals surface area contributed by atoms with Crippen molar-refractivity contribution in [2.24, 2.45) is 5.92 Å². The van der Waals surface area contributed by atoms with Crippen molar-refractivity contribution in [1.29, 1.82) is 0 Å². The third-order valence-electron chi connectivity index (χ3n) is 2.41. The van der Waals surface area contributed by atoms with Gasteiger partial charge < -0.3 is 4.74 Å². The molecule has 1 atom stereocenters. The van der Waals surface area contributed by atoms with Crippen molar-refractivity contribution in [1.82, 2.24) is 0 Å². The Morgan fingerprint density at radius 1 is 1.39 bits per heavy atom. The number of rotatable bonds is 10. The van der Waals surface area contributed by atoms with Crippen LogP contribution in [-0.4, -0.2) is 30.0 Å². The SMILES string of the molecule is CCCC(=O)OCCSCCC(C)CC(C)(F)F. The lowest BCUT2D eigenvalue weighted by Gasteiger charge is -2.16. The van der Waals surface area contributed by atoms with E-state index in [0.717, 1.165) is 31.3 Å². The Bertz CT molecular complexity index is 230. The molecule has 0 amide bonds. The van der Waals surface area contributed by atoms with Gasteiger partial charge in [-0.1, -0.05) is 13.8 Å². The molecule has 18 heavy (non-hydrogen) atoms. The highest BCUT2D eigenvalue weighted by atomic mass is 32.2. The predicted molar refractivity (Wildman–Crippen MR) is 72.2 cm³/mol. The Hall–Kier alpha value is -0.320. The van der Waals surface area contributed by atoms with Gasteiger partial charge in [0.05, 0.1) is 0 Å². The smallest absolute Gasteiger partial charge is 0.305 e. The number of hydrogen-bond donors (Lipinski definition) is 0. The summed E-state index contributed by atoms with van der Waals surface area (Å²) in [5.74, 6) is -1.12. The molecule has 0 N–H and O–H groups in total. The van der Waals surface area contributed by atoms with Gasteiger partial charge in [0, 0.05) is 18.6 Å². The molecule has 5 heteroatoms. The number of esters is 1. The molecule has 0 bridgehead atoms. The summed E-state index contributed by atoms with van der Waals surface area (Å²) in [4.78, 5) is 11.0. The lowest BCUT2D eigenvalue weighted by molar-refractivity contribution is -0.143. The maximum atomic E-state index is 12.7. The van der Waals surface area contributed by atoms with Gasteiger partial charge in [0.25, 0.3) is 0 Å².